The Bertz CT molecular complexity index is 3030. The van der Waals surface area contributed by atoms with E-state index in [0.717, 1.165) is 47.7 Å². The van der Waals surface area contributed by atoms with Crippen LogP contribution >= 0.6 is 45.3 Å². The van der Waals surface area contributed by atoms with Crippen LogP contribution in [-0.4, -0.2) is 28.4 Å². The lowest BCUT2D eigenvalue weighted by atomic mass is 10.1. The van der Waals surface area contributed by atoms with Crippen LogP contribution in [0.1, 0.15) is 38.3 Å². The van der Waals surface area contributed by atoms with Gasteiger partial charge in [0.05, 0.1) is 11.6 Å². The number of carbonyl (C=O) groups is 2. The fourth-order valence-corrected chi connectivity index (χ4v) is 12.5. The fourth-order valence-electron chi connectivity index (χ4n) is 7.38. The van der Waals surface area contributed by atoms with Crippen LogP contribution in [0.3, 0.4) is 0 Å². The van der Waals surface area contributed by atoms with Gasteiger partial charge < -0.3 is 14.9 Å². The number of aryl methyl sites for hydroxylation is 4. The van der Waals surface area contributed by atoms with Gasteiger partial charge in [-0.15, -0.1) is 45.3 Å². The van der Waals surface area contributed by atoms with Gasteiger partial charge in [0.15, 0.2) is 0 Å². The molecule has 0 spiro atoms. The van der Waals surface area contributed by atoms with E-state index in [0.29, 0.717) is 11.1 Å². The molecule has 0 unspecified atom stereocenters. The first-order chi connectivity index (χ1) is 30.5. The van der Waals surface area contributed by atoms with Crippen LogP contribution in [0.4, 0.5) is 17.1 Å². The van der Waals surface area contributed by atoms with Crippen molar-refractivity contribution in [2.75, 3.05) is 11.4 Å². The zero-order valence-electron chi connectivity index (χ0n) is 34.9. The Labute approximate surface area is 383 Å². The molecule has 8 aromatic rings. The van der Waals surface area contributed by atoms with Crippen molar-refractivity contribution in [2.24, 2.45) is 0 Å². The summed E-state index contributed by atoms with van der Waals surface area (Å²) in [6.45, 7) is 7.84. The fraction of sp³-hybridized carbons (Fsp3) is 0.115. The highest BCUT2D eigenvalue weighted by atomic mass is 32.1. The number of hydrogen-bond donors (Lipinski definition) is 1. The van der Waals surface area contributed by atoms with Crippen molar-refractivity contribution >= 4 is 80.4 Å². The summed E-state index contributed by atoms with van der Waals surface area (Å²) in [5.74, 6) is -1.86. The van der Waals surface area contributed by atoms with E-state index < -0.39 is 18.4 Å². The Balaban J connectivity index is 1.02. The quantitative estimate of drug-likeness (QED) is 0.0912. The average molecular weight is 897 g/mol. The van der Waals surface area contributed by atoms with Crippen LogP contribution in [0, 0.1) is 50.4 Å². The summed E-state index contributed by atoms with van der Waals surface area (Å²) in [4.78, 5) is 37.9. The highest BCUT2D eigenvalue weighted by Crippen LogP contribution is 2.49. The summed E-state index contributed by atoms with van der Waals surface area (Å²) in [6, 6.07) is 49.2. The zero-order chi connectivity index (χ0) is 44.2. The zero-order valence-corrected chi connectivity index (χ0v) is 38.1. The SMILES string of the molecule is Cc1cc(-c2sc(-c3sc(-c4sc(-c5ccc(N(c6ccccc6)c6ccccc6)cc5)cc4C)cc3C)cc2C)sc1/C=C(\C#N)C(=O)N(CC(=O)O)Cc1ccc(C#N)cc1. The van der Waals surface area contributed by atoms with E-state index in [4.69, 9.17) is 5.26 Å². The third-order valence-corrected chi connectivity index (χ3v) is 16.0. The van der Waals surface area contributed by atoms with Gasteiger partial charge in [-0.05, 0) is 140 Å². The second kappa shape index (κ2) is 18.6. The Morgan fingerprint density at radius 2 is 1.08 bits per heavy atom. The van der Waals surface area contributed by atoms with E-state index in [1.165, 1.54) is 52.4 Å². The molecule has 4 aromatic carbocycles. The first-order valence-corrected chi connectivity index (χ1v) is 23.3. The number of carboxylic acids is 1. The largest absolute Gasteiger partial charge is 0.480 e. The van der Waals surface area contributed by atoms with E-state index in [2.05, 4.69) is 129 Å². The lowest BCUT2D eigenvalue weighted by molar-refractivity contribution is -0.143. The number of nitrogens with zero attached hydrogens (tertiary/aromatic N) is 4. The third-order valence-electron chi connectivity index (χ3n) is 10.5. The summed E-state index contributed by atoms with van der Waals surface area (Å²) in [5, 5.41) is 28.8. The summed E-state index contributed by atoms with van der Waals surface area (Å²) in [5.41, 5.74) is 9.97. The highest BCUT2D eigenvalue weighted by molar-refractivity contribution is 7.29. The van der Waals surface area contributed by atoms with Gasteiger partial charge in [-0.2, -0.15) is 10.5 Å². The number of carboxylic acid groups (broad SMARTS) is 1. The Morgan fingerprint density at radius 1 is 0.603 bits per heavy atom. The molecule has 63 heavy (non-hydrogen) atoms. The lowest BCUT2D eigenvalue weighted by Crippen LogP contribution is -2.35. The van der Waals surface area contributed by atoms with Gasteiger partial charge in [-0.3, -0.25) is 9.59 Å². The number of para-hydroxylation sites is 2. The van der Waals surface area contributed by atoms with Crippen LogP contribution in [0.2, 0.25) is 0 Å². The maximum Gasteiger partial charge on any atom is 0.323 e. The minimum Gasteiger partial charge on any atom is -0.480 e. The number of benzene rings is 4. The van der Waals surface area contributed by atoms with Crippen molar-refractivity contribution in [3.63, 3.8) is 0 Å². The molecule has 0 saturated heterocycles. The van der Waals surface area contributed by atoms with Gasteiger partial charge in [-0.25, -0.2) is 0 Å². The minimum absolute atomic E-state index is 0.0172. The van der Waals surface area contributed by atoms with Gasteiger partial charge in [0.25, 0.3) is 5.91 Å². The summed E-state index contributed by atoms with van der Waals surface area (Å²) in [7, 11) is 0. The summed E-state index contributed by atoms with van der Waals surface area (Å²) < 4.78 is 0. The predicted molar refractivity (Wildman–Crippen MR) is 261 cm³/mol. The highest BCUT2D eigenvalue weighted by Gasteiger charge is 2.23. The van der Waals surface area contributed by atoms with Crippen molar-refractivity contribution < 1.29 is 14.7 Å². The van der Waals surface area contributed by atoms with Crippen LogP contribution in [-0.2, 0) is 16.1 Å². The molecule has 8 rings (SSSR count). The summed E-state index contributed by atoms with van der Waals surface area (Å²) in [6.07, 6.45) is 1.56. The molecule has 0 atom stereocenters. The number of nitriles is 2. The van der Waals surface area contributed by atoms with Gasteiger partial charge >= 0.3 is 5.97 Å². The smallest absolute Gasteiger partial charge is 0.323 e. The minimum atomic E-state index is -1.19. The molecule has 0 aliphatic heterocycles. The molecule has 0 fully saturated rings. The molecule has 1 N–H and O–H groups in total. The Kier molecular flexibility index (Phi) is 12.7. The van der Waals surface area contributed by atoms with E-state index >= 15 is 0 Å². The topological polar surface area (TPSA) is 108 Å². The molecule has 11 heteroatoms. The van der Waals surface area contributed by atoms with Crippen molar-refractivity contribution in [3.8, 4) is 51.8 Å². The van der Waals surface area contributed by atoms with Crippen LogP contribution < -0.4 is 4.90 Å². The number of thiophene rings is 4. The average Bonchev–Trinajstić information content (AvgIpc) is 4.08. The molecule has 1 amide bonds. The number of amides is 1. The summed E-state index contributed by atoms with van der Waals surface area (Å²) >= 11 is 6.88. The van der Waals surface area contributed by atoms with E-state index in [1.54, 1.807) is 41.7 Å². The van der Waals surface area contributed by atoms with Gasteiger partial charge in [-0.1, -0.05) is 60.7 Å². The molecule has 0 aliphatic carbocycles. The number of carbonyl (C=O) groups excluding carboxylic acids is 1. The van der Waals surface area contributed by atoms with Gasteiger partial charge in [0, 0.05) is 62.6 Å². The normalized spacial score (nSPS) is 11.2. The molecule has 0 radical (unpaired) electrons. The molecule has 0 aliphatic rings. The predicted octanol–water partition coefficient (Wildman–Crippen LogP) is 14.2. The maximum atomic E-state index is 13.6. The van der Waals surface area contributed by atoms with E-state index in [9.17, 15) is 20.0 Å². The molecular weight excluding hydrogens is 857 g/mol. The first kappa shape index (κ1) is 42.8. The van der Waals surface area contributed by atoms with Crippen LogP contribution in [0.15, 0.2) is 139 Å². The maximum absolute atomic E-state index is 13.6. The van der Waals surface area contributed by atoms with Crippen LogP contribution in [0.25, 0.3) is 45.8 Å². The number of rotatable bonds is 13. The molecule has 7 nitrogen and oxygen atoms in total. The Morgan fingerprint density at radius 3 is 1.59 bits per heavy atom. The number of aliphatic carboxylic acids is 1. The standard InChI is InChI=1S/C52H40N4O3S4/c1-32-23-45(60-43(32)27-39(29-54)52(59)55(31-48(57)58)30-37-17-15-36(28-53)16-18-37)49-34(3)25-47(62-49)51-35(4)26-46(63-51)50-33(2)24-44(61-50)38-19-21-42(22-20-38)56(40-11-7-5-8-12-40)41-13-9-6-10-14-41/h5-27H,30-31H2,1-4H3,(H,57,58)/b39-27+. The van der Waals surface area contributed by atoms with Crippen LogP contribution in [0.5, 0.6) is 0 Å². The Hall–Kier alpha value is -6.86. The van der Waals surface area contributed by atoms with Gasteiger partial charge in [0.2, 0.25) is 0 Å². The molecule has 0 bridgehead atoms. The number of hydrogen-bond acceptors (Lipinski definition) is 9. The molecule has 310 valence electrons. The van der Waals surface area contributed by atoms with E-state index in [-0.39, 0.29) is 12.1 Å². The third kappa shape index (κ3) is 9.34. The van der Waals surface area contributed by atoms with Crippen molar-refractivity contribution in [1.82, 2.24) is 4.90 Å². The lowest BCUT2D eigenvalue weighted by Gasteiger charge is -2.25. The second-order valence-electron chi connectivity index (χ2n) is 15.1. The molecular formula is C52H40N4O3S4. The molecule has 4 heterocycles. The monoisotopic (exact) mass is 896 g/mol. The molecule has 4 aromatic heterocycles. The van der Waals surface area contributed by atoms with Crippen molar-refractivity contribution in [3.05, 3.63) is 177 Å². The first-order valence-electron chi connectivity index (χ1n) is 20.0. The molecule has 0 saturated carbocycles. The number of anilines is 3. The van der Waals surface area contributed by atoms with E-state index in [1.807, 2.05) is 47.8 Å². The van der Waals surface area contributed by atoms with Crippen molar-refractivity contribution in [1.29, 1.82) is 10.5 Å². The van der Waals surface area contributed by atoms with Gasteiger partial charge in [0.1, 0.15) is 18.2 Å². The van der Waals surface area contributed by atoms with Crippen molar-refractivity contribution in [2.45, 2.75) is 34.2 Å². The second-order valence-corrected chi connectivity index (χ2v) is 19.4.